The van der Waals surface area contributed by atoms with Crippen LogP contribution in [0, 0.1) is 0 Å². The Morgan fingerprint density at radius 3 is 2.56 bits per heavy atom. The number of carbonyl (C=O) groups excluding carboxylic acids is 1. The first kappa shape index (κ1) is 19.2. The van der Waals surface area contributed by atoms with Gasteiger partial charge in [-0.2, -0.15) is 0 Å². The number of nitrogens with zero attached hydrogens (tertiary/aromatic N) is 1. The number of benzene rings is 1. The van der Waals surface area contributed by atoms with Crippen LogP contribution in [0.15, 0.2) is 30.3 Å². The average Bonchev–Trinajstić information content (AvgIpc) is 2.56. The summed E-state index contributed by atoms with van der Waals surface area (Å²) >= 11 is 0. The van der Waals surface area contributed by atoms with Crippen LogP contribution in [-0.2, 0) is 4.79 Å². The smallest absolute Gasteiger partial charge is 0.317 e. The van der Waals surface area contributed by atoms with Gasteiger partial charge < -0.3 is 15.7 Å². The Bertz CT molecular complexity index is 558. The maximum atomic E-state index is 12.0. The van der Waals surface area contributed by atoms with Crippen molar-refractivity contribution in [3.63, 3.8) is 0 Å². The van der Waals surface area contributed by atoms with E-state index in [1.165, 1.54) is 5.56 Å². The molecule has 0 heterocycles. The van der Waals surface area contributed by atoms with Gasteiger partial charge in [-0.1, -0.05) is 44.2 Å². The molecule has 1 atom stereocenters. The molecule has 1 aliphatic carbocycles. The molecular formula is C19H29N3O3. The van der Waals surface area contributed by atoms with Crippen LogP contribution in [0.25, 0.3) is 0 Å². The first-order valence-electron chi connectivity index (χ1n) is 9.04. The van der Waals surface area contributed by atoms with Crippen LogP contribution < -0.4 is 10.6 Å². The first-order chi connectivity index (χ1) is 12.0. The molecular weight excluding hydrogens is 318 g/mol. The molecule has 1 aromatic carbocycles. The van der Waals surface area contributed by atoms with Gasteiger partial charge >= 0.3 is 12.0 Å². The minimum absolute atomic E-state index is 0.0669. The van der Waals surface area contributed by atoms with Gasteiger partial charge in [0, 0.05) is 18.6 Å². The van der Waals surface area contributed by atoms with Gasteiger partial charge in [-0.05, 0) is 37.3 Å². The van der Waals surface area contributed by atoms with E-state index in [-0.39, 0.29) is 24.7 Å². The Labute approximate surface area is 149 Å². The minimum Gasteiger partial charge on any atom is -0.480 e. The van der Waals surface area contributed by atoms with Gasteiger partial charge in [0.15, 0.2) is 0 Å². The highest BCUT2D eigenvalue weighted by atomic mass is 16.4. The molecule has 25 heavy (non-hydrogen) atoms. The zero-order valence-corrected chi connectivity index (χ0v) is 15.1. The van der Waals surface area contributed by atoms with Crippen molar-refractivity contribution in [3.05, 3.63) is 35.9 Å². The molecule has 0 aromatic heterocycles. The van der Waals surface area contributed by atoms with Crippen LogP contribution in [-0.4, -0.2) is 53.7 Å². The topological polar surface area (TPSA) is 81.7 Å². The van der Waals surface area contributed by atoms with Gasteiger partial charge in [-0.15, -0.1) is 0 Å². The van der Waals surface area contributed by atoms with Gasteiger partial charge in [0.1, 0.15) is 0 Å². The lowest BCUT2D eigenvalue weighted by atomic mass is 9.85. The maximum Gasteiger partial charge on any atom is 0.317 e. The predicted octanol–water partition coefficient (Wildman–Crippen LogP) is 2.42. The molecule has 1 fully saturated rings. The average molecular weight is 347 g/mol. The fraction of sp³-hybridized carbons (Fsp3) is 0.579. The summed E-state index contributed by atoms with van der Waals surface area (Å²) in [4.78, 5) is 24.7. The molecule has 1 unspecified atom stereocenters. The summed E-state index contributed by atoms with van der Waals surface area (Å²) in [6, 6.07) is 10.5. The van der Waals surface area contributed by atoms with Crippen molar-refractivity contribution < 1.29 is 14.7 Å². The molecule has 0 bridgehead atoms. The number of likely N-dealkylation sites (N-methyl/N-ethyl adjacent to an activating group) is 1. The Balaban J connectivity index is 1.61. The molecule has 6 heteroatoms. The molecule has 2 rings (SSSR count). The molecule has 1 aromatic rings. The van der Waals surface area contributed by atoms with Gasteiger partial charge in [-0.25, -0.2) is 4.79 Å². The molecule has 1 aliphatic rings. The molecule has 6 nitrogen and oxygen atoms in total. The third-order valence-electron chi connectivity index (χ3n) is 4.94. The van der Waals surface area contributed by atoms with Crippen molar-refractivity contribution in [2.75, 3.05) is 19.6 Å². The third-order valence-corrected chi connectivity index (χ3v) is 4.94. The van der Waals surface area contributed by atoms with E-state index in [9.17, 15) is 9.59 Å². The zero-order chi connectivity index (χ0) is 18.2. The zero-order valence-electron chi connectivity index (χ0n) is 15.1. The summed E-state index contributed by atoms with van der Waals surface area (Å²) in [5.74, 6) is -0.396. The molecule has 0 saturated heterocycles. The fourth-order valence-corrected chi connectivity index (χ4v) is 3.26. The number of carboxylic acids is 1. The number of amides is 2. The van der Waals surface area contributed by atoms with E-state index in [1.54, 1.807) is 0 Å². The van der Waals surface area contributed by atoms with Crippen LogP contribution in [0.3, 0.4) is 0 Å². The summed E-state index contributed by atoms with van der Waals surface area (Å²) < 4.78 is 0. The maximum absolute atomic E-state index is 12.0. The van der Waals surface area contributed by atoms with E-state index in [4.69, 9.17) is 5.11 Å². The summed E-state index contributed by atoms with van der Waals surface area (Å²) in [6.45, 7) is 5.54. The van der Waals surface area contributed by atoms with E-state index < -0.39 is 5.97 Å². The monoisotopic (exact) mass is 347 g/mol. The molecule has 3 N–H and O–H groups in total. The quantitative estimate of drug-likeness (QED) is 0.641. The Kier molecular flexibility index (Phi) is 7.25. The number of rotatable bonds is 9. The van der Waals surface area contributed by atoms with Gasteiger partial charge in [-0.3, -0.25) is 9.69 Å². The van der Waals surface area contributed by atoms with Crippen molar-refractivity contribution in [3.8, 4) is 0 Å². The van der Waals surface area contributed by atoms with Gasteiger partial charge in [0.25, 0.3) is 0 Å². The normalized spacial score (nSPS) is 20.6. The van der Waals surface area contributed by atoms with Crippen LogP contribution >= 0.6 is 0 Å². The van der Waals surface area contributed by atoms with Crippen molar-refractivity contribution >= 4 is 12.0 Å². The summed E-state index contributed by atoms with van der Waals surface area (Å²) in [5, 5.41) is 14.8. The number of carbonyl (C=O) groups is 2. The second-order valence-electron chi connectivity index (χ2n) is 6.78. The highest BCUT2D eigenvalue weighted by Gasteiger charge is 2.34. The molecule has 138 valence electrons. The van der Waals surface area contributed by atoms with Crippen LogP contribution in [0.5, 0.6) is 0 Å². The van der Waals surface area contributed by atoms with Gasteiger partial charge in [0.2, 0.25) is 0 Å². The van der Waals surface area contributed by atoms with E-state index in [0.29, 0.717) is 19.0 Å². The Morgan fingerprint density at radius 2 is 1.96 bits per heavy atom. The van der Waals surface area contributed by atoms with Gasteiger partial charge in [0.05, 0.1) is 6.54 Å². The number of hydrogen-bond donors (Lipinski definition) is 3. The lowest BCUT2D eigenvalue weighted by Crippen LogP contribution is -2.56. The number of hydrogen-bond acceptors (Lipinski definition) is 3. The number of nitrogens with one attached hydrogen (secondary N) is 2. The number of aliphatic carboxylic acids is 1. The lowest BCUT2D eigenvalue weighted by molar-refractivity contribution is -0.139. The van der Waals surface area contributed by atoms with Crippen LogP contribution in [0.4, 0.5) is 4.79 Å². The molecule has 2 amide bonds. The molecule has 0 radical (unpaired) electrons. The molecule has 0 aliphatic heterocycles. The van der Waals surface area contributed by atoms with E-state index in [1.807, 2.05) is 30.0 Å². The molecule has 1 saturated carbocycles. The predicted molar refractivity (Wildman–Crippen MR) is 97.7 cm³/mol. The lowest BCUT2D eigenvalue weighted by Gasteiger charge is -2.42. The summed E-state index contributed by atoms with van der Waals surface area (Å²) in [6.07, 6.45) is 2.52. The second-order valence-corrected chi connectivity index (χ2v) is 6.78. The van der Waals surface area contributed by atoms with E-state index in [0.717, 1.165) is 19.3 Å². The van der Waals surface area contributed by atoms with Crippen LogP contribution in [0.2, 0.25) is 0 Å². The van der Waals surface area contributed by atoms with Crippen LogP contribution in [0.1, 0.15) is 44.6 Å². The first-order valence-corrected chi connectivity index (χ1v) is 9.04. The number of urea groups is 1. The summed E-state index contributed by atoms with van der Waals surface area (Å²) in [5.41, 5.74) is 1.28. The molecule has 0 spiro atoms. The highest BCUT2D eigenvalue weighted by molar-refractivity contribution is 5.74. The van der Waals surface area contributed by atoms with Crippen molar-refractivity contribution in [1.29, 1.82) is 0 Å². The van der Waals surface area contributed by atoms with E-state index in [2.05, 4.69) is 29.7 Å². The summed E-state index contributed by atoms with van der Waals surface area (Å²) in [7, 11) is 0. The standard InChI is InChI=1S/C19H29N3O3/c1-3-22(13-18(23)24)17-11-16(12-17)21-19(25)20-10-9-14(2)15-7-5-4-6-8-15/h4-8,14,16-17H,3,9-13H2,1-2H3,(H,23,24)(H2,20,21,25). The van der Waals surface area contributed by atoms with Crippen molar-refractivity contribution in [2.24, 2.45) is 0 Å². The minimum atomic E-state index is -0.802. The third kappa shape index (κ3) is 6.05. The Morgan fingerprint density at radius 1 is 1.28 bits per heavy atom. The number of carboxylic acid groups (broad SMARTS) is 1. The second kappa shape index (κ2) is 9.42. The van der Waals surface area contributed by atoms with Crippen molar-refractivity contribution in [2.45, 2.75) is 51.1 Å². The van der Waals surface area contributed by atoms with Crippen molar-refractivity contribution in [1.82, 2.24) is 15.5 Å². The largest absolute Gasteiger partial charge is 0.480 e. The highest BCUT2D eigenvalue weighted by Crippen LogP contribution is 2.25. The Hall–Kier alpha value is -2.08. The fourth-order valence-electron chi connectivity index (χ4n) is 3.26. The SMILES string of the molecule is CCN(CC(=O)O)C1CC(NC(=O)NCCC(C)c2ccccc2)C1. The van der Waals surface area contributed by atoms with E-state index >= 15 is 0 Å².